The lowest BCUT2D eigenvalue weighted by molar-refractivity contribution is -0.274. The average molecular weight is 577 g/mol. The number of carbonyl (C=O) groups excluding carboxylic acids is 1. The van der Waals surface area contributed by atoms with E-state index in [0.29, 0.717) is 13.1 Å². The number of guanidine groups is 1. The van der Waals surface area contributed by atoms with Crippen LogP contribution in [0.2, 0.25) is 0 Å². The number of hydrogen-bond acceptors (Lipinski definition) is 4. The summed E-state index contributed by atoms with van der Waals surface area (Å²) in [7, 11) is 0. The van der Waals surface area contributed by atoms with Crippen molar-refractivity contribution in [3.63, 3.8) is 0 Å². The molecular formula is C22H27F3IN5O2. The van der Waals surface area contributed by atoms with E-state index in [4.69, 9.17) is 11.5 Å². The molecule has 7 nitrogen and oxygen atoms in total. The fraction of sp³-hybridized carbons (Fsp3) is 0.364. The first-order valence-corrected chi connectivity index (χ1v) is 10.2. The van der Waals surface area contributed by atoms with Crippen LogP contribution in [-0.4, -0.2) is 36.2 Å². The summed E-state index contributed by atoms with van der Waals surface area (Å²) in [6, 6.07) is 13.4. The summed E-state index contributed by atoms with van der Waals surface area (Å²) < 4.78 is 41.7. The second-order valence-corrected chi connectivity index (χ2v) is 7.67. The van der Waals surface area contributed by atoms with Gasteiger partial charge in [-0.1, -0.05) is 36.4 Å². The SMILES string of the molecule is I.NC(=O)C1CCCN(Cc2cccc(CN=C(N)Nc3ccccc3OC(F)(F)F)c2)C1. The topological polar surface area (TPSA) is 106 Å². The van der Waals surface area contributed by atoms with Gasteiger partial charge in [0.25, 0.3) is 0 Å². The Morgan fingerprint density at radius 2 is 1.88 bits per heavy atom. The number of hydrogen-bond donors (Lipinski definition) is 3. The van der Waals surface area contributed by atoms with Gasteiger partial charge in [0.15, 0.2) is 11.7 Å². The number of alkyl halides is 3. The van der Waals surface area contributed by atoms with Crippen LogP contribution in [0.1, 0.15) is 24.0 Å². The van der Waals surface area contributed by atoms with Crippen molar-refractivity contribution in [3.8, 4) is 5.75 Å². The van der Waals surface area contributed by atoms with Crippen molar-refractivity contribution in [2.45, 2.75) is 32.3 Å². The van der Waals surface area contributed by atoms with Gasteiger partial charge in [0.1, 0.15) is 0 Å². The molecule has 0 aromatic heterocycles. The number of aliphatic imine (C=N–C) groups is 1. The van der Waals surface area contributed by atoms with E-state index in [9.17, 15) is 18.0 Å². The van der Waals surface area contributed by atoms with Crippen molar-refractivity contribution in [3.05, 3.63) is 59.7 Å². The van der Waals surface area contributed by atoms with Gasteiger partial charge >= 0.3 is 6.36 Å². The van der Waals surface area contributed by atoms with E-state index >= 15 is 0 Å². The molecule has 180 valence electrons. The van der Waals surface area contributed by atoms with Gasteiger partial charge in [0.05, 0.1) is 18.2 Å². The molecule has 5 N–H and O–H groups in total. The minimum absolute atomic E-state index is 0. The van der Waals surface area contributed by atoms with Gasteiger partial charge in [-0.3, -0.25) is 9.69 Å². The zero-order valence-corrected chi connectivity index (χ0v) is 20.2. The van der Waals surface area contributed by atoms with Crippen molar-refractivity contribution in [1.82, 2.24) is 4.90 Å². The summed E-state index contributed by atoms with van der Waals surface area (Å²) in [5.74, 6) is -0.806. The number of rotatable bonds is 7. The molecule has 3 rings (SSSR count). The molecule has 1 atom stereocenters. The Bertz CT molecular complexity index is 971. The molecule has 1 unspecified atom stereocenters. The fourth-order valence-corrected chi connectivity index (χ4v) is 3.65. The molecule has 11 heteroatoms. The quantitative estimate of drug-likeness (QED) is 0.264. The summed E-state index contributed by atoms with van der Waals surface area (Å²) in [6.07, 6.45) is -3.06. The van der Waals surface area contributed by atoms with E-state index in [2.05, 4.69) is 19.9 Å². The molecule has 1 aliphatic heterocycles. The molecule has 0 radical (unpaired) electrons. The highest BCUT2D eigenvalue weighted by Gasteiger charge is 2.32. The van der Waals surface area contributed by atoms with Crippen LogP contribution < -0.4 is 21.5 Å². The number of piperidine rings is 1. The van der Waals surface area contributed by atoms with Crippen molar-refractivity contribution in [1.29, 1.82) is 0 Å². The van der Waals surface area contributed by atoms with Crippen LogP contribution >= 0.6 is 24.0 Å². The van der Waals surface area contributed by atoms with Crippen LogP contribution in [0.4, 0.5) is 18.9 Å². The highest BCUT2D eigenvalue weighted by molar-refractivity contribution is 14.0. The Kier molecular flexibility index (Phi) is 9.77. The smallest absolute Gasteiger partial charge is 0.404 e. The van der Waals surface area contributed by atoms with Crippen molar-refractivity contribution in [2.24, 2.45) is 22.4 Å². The molecule has 2 aromatic carbocycles. The minimum Gasteiger partial charge on any atom is -0.404 e. The van der Waals surface area contributed by atoms with Crippen molar-refractivity contribution >= 4 is 41.5 Å². The molecule has 1 heterocycles. The third-order valence-electron chi connectivity index (χ3n) is 5.11. The number of ether oxygens (including phenoxy) is 1. The van der Waals surface area contributed by atoms with Gasteiger partial charge < -0.3 is 21.5 Å². The number of nitrogens with two attached hydrogens (primary N) is 2. The normalized spacial score (nSPS) is 17.2. The number of primary amides is 1. The molecule has 33 heavy (non-hydrogen) atoms. The standard InChI is InChI=1S/C22H26F3N5O2.HI/c23-22(24,25)32-19-9-2-1-8-18(19)29-21(27)28-12-15-5-3-6-16(11-15)13-30-10-4-7-17(14-30)20(26)31;/h1-3,5-6,8-9,11,17H,4,7,10,12-14H2,(H2,26,31)(H3,27,28,29);1H. The Balaban J connectivity index is 0.00000385. The molecule has 0 spiro atoms. The van der Waals surface area contributed by atoms with Crippen LogP contribution in [0.15, 0.2) is 53.5 Å². The summed E-state index contributed by atoms with van der Waals surface area (Å²) >= 11 is 0. The summed E-state index contributed by atoms with van der Waals surface area (Å²) in [5, 5.41) is 2.65. The number of amides is 1. The molecular weight excluding hydrogens is 550 g/mol. The number of anilines is 1. The zero-order valence-electron chi connectivity index (χ0n) is 17.8. The summed E-state index contributed by atoms with van der Waals surface area (Å²) in [5.41, 5.74) is 13.3. The lowest BCUT2D eigenvalue weighted by Crippen LogP contribution is -2.40. The molecule has 0 bridgehead atoms. The van der Waals surface area contributed by atoms with E-state index < -0.39 is 12.1 Å². The maximum absolute atomic E-state index is 12.6. The lowest BCUT2D eigenvalue weighted by atomic mass is 9.97. The van der Waals surface area contributed by atoms with Crippen molar-refractivity contribution < 1.29 is 22.7 Å². The second-order valence-electron chi connectivity index (χ2n) is 7.67. The Morgan fingerprint density at radius 3 is 2.61 bits per heavy atom. The Labute approximate surface area is 207 Å². The second kappa shape index (κ2) is 12.1. The van der Waals surface area contributed by atoms with Crippen LogP contribution in [-0.2, 0) is 17.9 Å². The molecule has 1 aliphatic rings. The largest absolute Gasteiger partial charge is 0.573 e. The maximum atomic E-state index is 12.6. The van der Waals surface area contributed by atoms with E-state index in [1.165, 1.54) is 18.2 Å². The van der Waals surface area contributed by atoms with Crippen LogP contribution in [0.25, 0.3) is 0 Å². The van der Waals surface area contributed by atoms with Crippen LogP contribution in [0.3, 0.4) is 0 Å². The number of likely N-dealkylation sites (tertiary alicyclic amines) is 1. The first kappa shape index (κ1) is 26.7. The molecule has 0 saturated carbocycles. The first-order valence-electron chi connectivity index (χ1n) is 10.2. The number of para-hydroxylation sites is 2. The van der Waals surface area contributed by atoms with Crippen LogP contribution in [0.5, 0.6) is 5.75 Å². The monoisotopic (exact) mass is 577 g/mol. The molecule has 0 aliphatic carbocycles. The number of nitrogens with zero attached hydrogens (tertiary/aromatic N) is 2. The average Bonchev–Trinajstić information content (AvgIpc) is 2.73. The van der Waals surface area contributed by atoms with E-state index in [0.717, 1.165) is 30.5 Å². The van der Waals surface area contributed by atoms with Gasteiger partial charge in [-0.05, 0) is 42.6 Å². The van der Waals surface area contributed by atoms with Gasteiger partial charge in [-0.2, -0.15) is 0 Å². The Morgan fingerprint density at radius 1 is 1.15 bits per heavy atom. The molecule has 1 amide bonds. The number of carbonyl (C=O) groups is 1. The maximum Gasteiger partial charge on any atom is 0.573 e. The van der Waals surface area contributed by atoms with E-state index in [-0.39, 0.29) is 54.0 Å². The van der Waals surface area contributed by atoms with Gasteiger partial charge in [-0.25, -0.2) is 4.99 Å². The Hall–Kier alpha value is -2.54. The van der Waals surface area contributed by atoms with Gasteiger partial charge in [-0.15, -0.1) is 37.1 Å². The highest BCUT2D eigenvalue weighted by Crippen LogP contribution is 2.29. The van der Waals surface area contributed by atoms with E-state index in [1.807, 2.05) is 24.3 Å². The van der Waals surface area contributed by atoms with Crippen LogP contribution in [0, 0.1) is 5.92 Å². The molecule has 1 fully saturated rings. The fourth-order valence-electron chi connectivity index (χ4n) is 3.65. The molecule has 1 saturated heterocycles. The minimum atomic E-state index is -4.81. The third kappa shape index (κ3) is 8.72. The predicted molar refractivity (Wildman–Crippen MR) is 131 cm³/mol. The zero-order chi connectivity index (χ0) is 23.1. The van der Waals surface area contributed by atoms with Gasteiger partial charge in [0, 0.05) is 13.1 Å². The summed E-state index contributed by atoms with van der Waals surface area (Å²) in [4.78, 5) is 17.9. The van der Waals surface area contributed by atoms with Gasteiger partial charge in [0.2, 0.25) is 5.91 Å². The lowest BCUT2D eigenvalue weighted by Gasteiger charge is -2.31. The first-order chi connectivity index (χ1) is 15.2. The van der Waals surface area contributed by atoms with Crippen molar-refractivity contribution in [2.75, 3.05) is 18.4 Å². The number of nitrogens with one attached hydrogen (secondary N) is 1. The van der Waals surface area contributed by atoms with E-state index in [1.54, 1.807) is 6.07 Å². The number of halogens is 4. The summed E-state index contributed by atoms with van der Waals surface area (Å²) in [6.45, 7) is 2.49. The highest BCUT2D eigenvalue weighted by atomic mass is 127. The third-order valence-corrected chi connectivity index (χ3v) is 5.11. The number of benzene rings is 2. The predicted octanol–water partition coefficient (Wildman–Crippen LogP) is 3.83. The molecule has 2 aromatic rings.